The molecule has 2 nitrogen and oxygen atoms in total. The summed E-state index contributed by atoms with van der Waals surface area (Å²) in [6, 6.07) is 0. The zero-order valence-electron chi connectivity index (χ0n) is 12.7. The van der Waals surface area contributed by atoms with Crippen molar-refractivity contribution in [2.45, 2.75) is 51.9 Å². The van der Waals surface area contributed by atoms with Gasteiger partial charge in [0.05, 0.1) is 0 Å². The number of hydrogen-bond acceptors (Lipinski definition) is 2. The Bertz CT molecular complexity index is 272. The molecule has 0 spiro atoms. The van der Waals surface area contributed by atoms with E-state index in [1.165, 1.54) is 52.0 Å². The van der Waals surface area contributed by atoms with E-state index in [1.54, 1.807) is 25.7 Å². The lowest BCUT2D eigenvalue weighted by Gasteiger charge is -2.33. The van der Waals surface area contributed by atoms with Crippen LogP contribution in [0.3, 0.4) is 0 Å². The fraction of sp³-hybridized carbons (Fsp3) is 1.00. The van der Waals surface area contributed by atoms with Gasteiger partial charge in [0.2, 0.25) is 0 Å². The molecule has 3 rings (SSSR count). The fourth-order valence-corrected chi connectivity index (χ4v) is 4.95. The first kappa shape index (κ1) is 13.9. The first-order chi connectivity index (χ1) is 9.35. The Kier molecular flexibility index (Phi) is 4.81. The average molecular weight is 264 g/mol. The Morgan fingerprint density at radius 2 is 2.05 bits per heavy atom. The number of hydrogen-bond donors (Lipinski definition) is 1. The third-order valence-corrected chi connectivity index (χ3v) is 5.83. The standard InChI is InChI=1S/C17H32N2/c1-2-8-19(12-15-4-3-7-18-11-15)13-17-10-14-5-6-16(17)9-14/h14-18H,2-13H2,1H3. The minimum absolute atomic E-state index is 0.916. The molecule has 110 valence electrons. The summed E-state index contributed by atoms with van der Waals surface area (Å²) in [6.07, 6.45) is 10.4. The molecule has 4 atom stereocenters. The van der Waals surface area contributed by atoms with E-state index in [0.717, 1.165) is 23.7 Å². The molecule has 2 aliphatic carbocycles. The van der Waals surface area contributed by atoms with Crippen LogP contribution in [0.5, 0.6) is 0 Å². The fourth-order valence-electron chi connectivity index (χ4n) is 4.95. The van der Waals surface area contributed by atoms with Crippen LogP contribution >= 0.6 is 0 Å². The second-order valence-corrected chi connectivity index (χ2v) is 7.41. The third-order valence-electron chi connectivity index (χ3n) is 5.83. The van der Waals surface area contributed by atoms with Gasteiger partial charge in [-0.25, -0.2) is 0 Å². The number of rotatable bonds is 6. The molecule has 2 bridgehead atoms. The van der Waals surface area contributed by atoms with Gasteiger partial charge in [-0.3, -0.25) is 0 Å². The van der Waals surface area contributed by atoms with Crippen molar-refractivity contribution in [2.24, 2.45) is 23.7 Å². The Morgan fingerprint density at radius 1 is 1.11 bits per heavy atom. The summed E-state index contributed by atoms with van der Waals surface area (Å²) in [5.74, 6) is 4.16. The number of nitrogens with zero attached hydrogens (tertiary/aromatic N) is 1. The molecular weight excluding hydrogens is 232 g/mol. The summed E-state index contributed by atoms with van der Waals surface area (Å²) in [6.45, 7) is 8.94. The smallest absolute Gasteiger partial charge is 0.00219 e. The molecule has 1 saturated heterocycles. The predicted octanol–water partition coefficient (Wildman–Crippen LogP) is 3.13. The molecule has 2 saturated carbocycles. The highest BCUT2D eigenvalue weighted by atomic mass is 15.1. The molecule has 3 aliphatic rings. The van der Waals surface area contributed by atoms with E-state index in [-0.39, 0.29) is 0 Å². The highest BCUT2D eigenvalue weighted by Gasteiger charge is 2.39. The van der Waals surface area contributed by atoms with E-state index in [1.807, 2.05) is 0 Å². The molecule has 1 heterocycles. The molecule has 0 aromatic heterocycles. The summed E-state index contributed by atoms with van der Waals surface area (Å²) in [5, 5.41) is 3.58. The van der Waals surface area contributed by atoms with Crippen molar-refractivity contribution >= 4 is 0 Å². The topological polar surface area (TPSA) is 15.3 Å². The lowest BCUT2D eigenvalue weighted by Crippen LogP contribution is -2.41. The molecule has 4 unspecified atom stereocenters. The lowest BCUT2D eigenvalue weighted by molar-refractivity contribution is 0.157. The van der Waals surface area contributed by atoms with Gasteiger partial charge in [0.15, 0.2) is 0 Å². The van der Waals surface area contributed by atoms with Crippen molar-refractivity contribution in [1.29, 1.82) is 0 Å². The van der Waals surface area contributed by atoms with E-state index in [4.69, 9.17) is 0 Å². The van der Waals surface area contributed by atoms with Crippen LogP contribution in [0.25, 0.3) is 0 Å². The van der Waals surface area contributed by atoms with Gasteiger partial charge >= 0.3 is 0 Å². The minimum atomic E-state index is 0.916. The Morgan fingerprint density at radius 3 is 2.68 bits per heavy atom. The van der Waals surface area contributed by atoms with E-state index >= 15 is 0 Å². The van der Waals surface area contributed by atoms with Gasteiger partial charge < -0.3 is 10.2 Å². The van der Waals surface area contributed by atoms with Crippen molar-refractivity contribution in [3.63, 3.8) is 0 Å². The van der Waals surface area contributed by atoms with Crippen molar-refractivity contribution in [3.05, 3.63) is 0 Å². The van der Waals surface area contributed by atoms with Gasteiger partial charge in [-0.15, -0.1) is 0 Å². The molecule has 0 aromatic carbocycles. The molecule has 3 fully saturated rings. The molecule has 1 N–H and O–H groups in total. The van der Waals surface area contributed by atoms with Crippen LogP contribution in [-0.2, 0) is 0 Å². The van der Waals surface area contributed by atoms with Crippen molar-refractivity contribution in [2.75, 3.05) is 32.7 Å². The molecule has 2 heteroatoms. The van der Waals surface area contributed by atoms with Gasteiger partial charge in [0.25, 0.3) is 0 Å². The highest BCUT2D eigenvalue weighted by Crippen LogP contribution is 2.48. The molecule has 0 radical (unpaired) electrons. The molecule has 0 aromatic rings. The summed E-state index contributed by atoms with van der Waals surface area (Å²) in [7, 11) is 0. The summed E-state index contributed by atoms with van der Waals surface area (Å²) in [4.78, 5) is 2.81. The van der Waals surface area contributed by atoms with E-state index in [0.29, 0.717) is 0 Å². The second-order valence-electron chi connectivity index (χ2n) is 7.41. The van der Waals surface area contributed by atoms with Crippen LogP contribution in [0.1, 0.15) is 51.9 Å². The van der Waals surface area contributed by atoms with Gasteiger partial charge in [0.1, 0.15) is 0 Å². The Labute approximate surface area is 119 Å². The van der Waals surface area contributed by atoms with Crippen molar-refractivity contribution in [3.8, 4) is 0 Å². The number of nitrogens with one attached hydrogen (secondary N) is 1. The molecule has 19 heavy (non-hydrogen) atoms. The second kappa shape index (κ2) is 6.58. The predicted molar refractivity (Wildman–Crippen MR) is 81.3 cm³/mol. The summed E-state index contributed by atoms with van der Waals surface area (Å²) >= 11 is 0. The normalized spacial score (nSPS) is 38.2. The minimum Gasteiger partial charge on any atom is -0.316 e. The zero-order valence-corrected chi connectivity index (χ0v) is 12.7. The maximum Gasteiger partial charge on any atom is 0.00219 e. The summed E-state index contributed by atoms with van der Waals surface area (Å²) < 4.78 is 0. The number of fused-ring (bicyclic) bond motifs is 2. The van der Waals surface area contributed by atoms with Crippen LogP contribution in [0, 0.1) is 23.7 Å². The summed E-state index contributed by atoms with van der Waals surface area (Å²) in [5.41, 5.74) is 0. The quantitative estimate of drug-likeness (QED) is 0.793. The SMILES string of the molecule is CCCN(CC1CCCNC1)CC1CC2CCC1C2. The van der Waals surface area contributed by atoms with Crippen molar-refractivity contribution in [1.82, 2.24) is 10.2 Å². The van der Waals surface area contributed by atoms with E-state index in [2.05, 4.69) is 17.1 Å². The number of piperidine rings is 1. The van der Waals surface area contributed by atoms with Gasteiger partial charge in [-0.05, 0) is 81.8 Å². The van der Waals surface area contributed by atoms with E-state index < -0.39 is 0 Å². The maximum atomic E-state index is 3.58. The maximum absolute atomic E-state index is 3.58. The Balaban J connectivity index is 1.49. The molecular formula is C17H32N2. The first-order valence-electron chi connectivity index (χ1n) is 8.78. The van der Waals surface area contributed by atoms with Crippen molar-refractivity contribution < 1.29 is 0 Å². The van der Waals surface area contributed by atoms with Crippen LogP contribution in [-0.4, -0.2) is 37.6 Å². The van der Waals surface area contributed by atoms with Crippen LogP contribution in [0.4, 0.5) is 0 Å². The lowest BCUT2D eigenvalue weighted by atomic mass is 9.88. The highest BCUT2D eigenvalue weighted by molar-refractivity contribution is 4.91. The Hall–Kier alpha value is -0.0800. The largest absolute Gasteiger partial charge is 0.316 e. The monoisotopic (exact) mass is 264 g/mol. The van der Waals surface area contributed by atoms with Crippen LogP contribution < -0.4 is 5.32 Å². The molecule has 1 aliphatic heterocycles. The van der Waals surface area contributed by atoms with Gasteiger partial charge in [-0.2, -0.15) is 0 Å². The molecule has 0 amide bonds. The first-order valence-corrected chi connectivity index (χ1v) is 8.78. The van der Waals surface area contributed by atoms with Gasteiger partial charge in [-0.1, -0.05) is 13.3 Å². The van der Waals surface area contributed by atoms with Gasteiger partial charge in [0, 0.05) is 13.1 Å². The van der Waals surface area contributed by atoms with Crippen LogP contribution in [0.15, 0.2) is 0 Å². The third kappa shape index (κ3) is 3.52. The average Bonchev–Trinajstić information content (AvgIpc) is 3.02. The van der Waals surface area contributed by atoms with E-state index in [9.17, 15) is 0 Å². The van der Waals surface area contributed by atoms with Crippen LogP contribution in [0.2, 0.25) is 0 Å². The zero-order chi connectivity index (χ0) is 13.1.